The third-order valence-corrected chi connectivity index (χ3v) is 4.94. The van der Waals surface area contributed by atoms with E-state index in [-0.39, 0.29) is 5.91 Å². The van der Waals surface area contributed by atoms with Crippen LogP contribution in [0.15, 0.2) is 79.0 Å². The van der Waals surface area contributed by atoms with Crippen molar-refractivity contribution >= 4 is 16.7 Å². The molecule has 1 amide bonds. The van der Waals surface area contributed by atoms with Crippen LogP contribution in [-0.4, -0.2) is 22.2 Å². The number of hydrogen-bond donors (Lipinski definition) is 1. The summed E-state index contributed by atoms with van der Waals surface area (Å²) < 4.78 is 1.92. The number of carbonyl (C=O) groups excluding carboxylic acids is 1. The summed E-state index contributed by atoms with van der Waals surface area (Å²) in [5, 5.41) is 9.85. The lowest BCUT2D eigenvalue weighted by Gasteiger charge is -2.06. The fourth-order valence-electron chi connectivity index (χ4n) is 3.37. The highest BCUT2D eigenvalue weighted by atomic mass is 16.1. The SMILES string of the molecule is Cc1nn(-c2ccccc2)cc1CCCNC(=O)c1ccc2ccccc2c1. The maximum absolute atomic E-state index is 12.4. The summed E-state index contributed by atoms with van der Waals surface area (Å²) >= 11 is 0. The number of carbonyl (C=O) groups is 1. The van der Waals surface area contributed by atoms with E-state index in [9.17, 15) is 4.79 Å². The lowest BCUT2D eigenvalue weighted by molar-refractivity contribution is 0.0953. The molecule has 0 radical (unpaired) electrons. The summed E-state index contributed by atoms with van der Waals surface area (Å²) in [6.07, 6.45) is 3.84. The Morgan fingerprint density at radius 3 is 2.54 bits per heavy atom. The minimum atomic E-state index is -0.0255. The van der Waals surface area contributed by atoms with Crippen molar-refractivity contribution in [3.63, 3.8) is 0 Å². The van der Waals surface area contributed by atoms with E-state index in [4.69, 9.17) is 0 Å². The van der Waals surface area contributed by atoms with E-state index < -0.39 is 0 Å². The quantitative estimate of drug-likeness (QED) is 0.501. The molecule has 0 aliphatic heterocycles. The number of nitrogens with zero attached hydrogens (tertiary/aromatic N) is 2. The van der Waals surface area contributed by atoms with Crippen molar-refractivity contribution in [2.75, 3.05) is 6.54 Å². The van der Waals surface area contributed by atoms with Gasteiger partial charge in [-0.15, -0.1) is 0 Å². The minimum absolute atomic E-state index is 0.0255. The molecule has 0 spiro atoms. The molecule has 0 saturated carbocycles. The van der Waals surface area contributed by atoms with Gasteiger partial charge in [-0.3, -0.25) is 4.79 Å². The second kappa shape index (κ2) is 8.09. The van der Waals surface area contributed by atoms with Crippen molar-refractivity contribution in [2.45, 2.75) is 19.8 Å². The first-order valence-corrected chi connectivity index (χ1v) is 9.58. The number of benzene rings is 3. The van der Waals surface area contributed by atoms with Crippen LogP contribution in [0, 0.1) is 6.92 Å². The number of nitrogens with one attached hydrogen (secondary N) is 1. The van der Waals surface area contributed by atoms with Crippen LogP contribution in [-0.2, 0) is 6.42 Å². The Kier molecular flexibility index (Phi) is 5.20. The molecule has 4 rings (SSSR count). The first kappa shape index (κ1) is 18.0. The van der Waals surface area contributed by atoms with E-state index in [1.165, 1.54) is 5.56 Å². The highest BCUT2D eigenvalue weighted by Gasteiger charge is 2.08. The molecule has 28 heavy (non-hydrogen) atoms. The molecule has 1 heterocycles. The van der Waals surface area contributed by atoms with E-state index >= 15 is 0 Å². The van der Waals surface area contributed by atoms with Gasteiger partial charge < -0.3 is 5.32 Å². The molecule has 0 bridgehead atoms. The third-order valence-electron chi connectivity index (χ3n) is 4.94. The van der Waals surface area contributed by atoms with Gasteiger partial charge in [-0.05, 0) is 60.4 Å². The molecule has 0 fully saturated rings. The number of aryl methyl sites for hydroxylation is 2. The highest BCUT2D eigenvalue weighted by Crippen LogP contribution is 2.16. The first-order valence-electron chi connectivity index (χ1n) is 9.58. The van der Waals surface area contributed by atoms with Crippen LogP contribution in [0.1, 0.15) is 28.0 Å². The largest absolute Gasteiger partial charge is 0.352 e. The Balaban J connectivity index is 1.33. The van der Waals surface area contributed by atoms with E-state index in [2.05, 4.69) is 22.7 Å². The number of fused-ring (bicyclic) bond motifs is 1. The molecule has 0 saturated heterocycles. The Bertz CT molecular complexity index is 1100. The zero-order valence-corrected chi connectivity index (χ0v) is 15.9. The van der Waals surface area contributed by atoms with Gasteiger partial charge in [0.15, 0.2) is 0 Å². The van der Waals surface area contributed by atoms with Crippen LogP contribution >= 0.6 is 0 Å². The van der Waals surface area contributed by atoms with Crippen molar-refractivity contribution in [1.29, 1.82) is 0 Å². The molecule has 1 N–H and O–H groups in total. The third kappa shape index (κ3) is 3.96. The zero-order valence-electron chi connectivity index (χ0n) is 15.9. The standard InChI is InChI=1S/C24H23N3O/c1-18-22(17-27(26-18)23-11-3-2-4-12-23)10-7-15-25-24(28)21-14-13-19-8-5-6-9-20(19)16-21/h2-6,8-9,11-14,16-17H,7,10,15H2,1H3,(H,25,28). The average molecular weight is 369 g/mol. The maximum atomic E-state index is 12.4. The van der Waals surface area contributed by atoms with Gasteiger partial charge >= 0.3 is 0 Å². The number of aromatic nitrogens is 2. The molecule has 0 aliphatic rings. The van der Waals surface area contributed by atoms with Gasteiger partial charge in [0.25, 0.3) is 5.91 Å². The number of rotatable bonds is 6. The van der Waals surface area contributed by atoms with Crippen molar-refractivity contribution < 1.29 is 4.79 Å². The second-order valence-electron chi connectivity index (χ2n) is 6.94. The summed E-state index contributed by atoms with van der Waals surface area (Å²) in [4.78, 5) is 12.4. The molecular formula is C24H23N3O. The van der Waals surface area contributed by atoms with Crippen molar-refractivity contribution in [1.82, 2.24) is 15.1 Å². The van der Waals surface area contributed by atoms with Crippen LogP contribution in [0.5, 0.6) is 0 Å². The van der Waals surface area contributed by atoms with E-state index in [1.807, 2.05) is 78.3 Å². The molecule has 140 valence electrons. The van der Waals surface area contributed by atoms with Gasteiger partial charge in [0.1, 0.15) is 0 Å². The van der Waals surface area contributed by atoms with Crippen LogP contribution in [0.4, 0.5) is 0 Å². The topological polar surface area (TPSA) is 46.9 Å². The molecule has 4 aromatic rings. The van der Waals surface area contributed by atoms with Crippen molar-refractivity contribution in [3.8, 4) is 5.69 Å². The monoisotopic (exact) mass is 369 g/mol. The second-order valence-corrected chi connectivity index (χ2v) is 6.94. The summed E-state index contributed by atoms with van der Waals surface area (Å²) in [7, 11) is 0. The Morgan fingerprint density at radius 2 is 1.71 bits per heavy atom. The Hall–Kier alpha value is -3.40. The van der Waals surface area contributed by atoms with Crippen LogP contribution in [0.2, 0.25) is 0 Å². The van der Waals surface area contributed by atoms with E-state index in [1.54, 1.807) is 0 Å². The minimum Gasteiger partial charge on any atom is -0.352 e. The maximum Gasteiger partial charge on any atom is 0.251 e. The lowest BCUT2D eigenvalue weighted by atomic mass is 10.1. The van der Waals surface area contributed by atoms with Gasteiger partial charge in [0, 0.05) is 18.3 Å². The lowest BCUT2D eigenvalue weighted by Crippen LogP contribution is -2.24. The van der Waals surface area contributed by atoms with Crippen LogP contribution in [0.3, 0.4) is 0 Å². The molecular weight excluding hydrogens is 346 g/mol. The summed E-state index contributed by atoms with van der Waals surface area (Å²) in [5.74, 6) is -0.0255. The van der Waals surface area contributed by atoms with Crippen molar-refractivity contribution in [3.05, 3.63) is 95.8 Å². The predicted octanol–water partition coefficient (Wildman–Crippen LogP) is 4.70. The molecule has 0 unspecified atom stereocenters. The predicted molar refractivity (Wildman–Crippen MR) is 113 cm³/mol. The van der Waals surface area contributed by atoms with Crippen LogP contribution in [0.25, 0.3) is 16.5 Å². The number of amides is 1. The Labute approximate surface area is 164 Å². The summed E-state index contributed by atoms with van der Waals surface area (Å²) in [6, 6.07) is 24.0. The molecule has 3 aromatic carbocycles. The zero-order chi connectivity index (χ0) is 19.3. The van der Waals surface area contributed by atoms with Gasteiger partial charge in [0.05, 0.1) is 11.4 Å². The van der Waals surface area contributed by atoms with Gasteiger partial charge in [-0.25, -0.2) is 4.68 Å². The molecule has 0 atom stereocenters. The van der Waals surface area contributed by atoms with Crippen molar-refractivity contribution in [2.24, 2.45) is 0 Å². The number of para-hydroxylation sites is 1. The summed E-state index contributed by atoms with van der Waals surface area (Å²) in [6.45, 7) is 2.67. The fraction of sp³-hybridized carbons (Fsp3) is 0.167. The highest BCUT2D eigenvalue weighted by molar-refractivity contribution is 5.98. The van der Waals surface area contributed by atoms with E-state index in [0.717, 1.165) is 35.0 Å². The number of hydrogen-bond acceptors (Lipinski definition) is 2. The molecule has 0 aliphatic carbocycles. The summed E-state index contributed by atoms with van der Waals surface area (Å²) in [5.41, 5.74) is 4.00. The van der Waals surface area contributed by atoms with Crippen LogP contribution < -0.4 is 5.32 Å². The van der Waals surface area contributed by atoms with Gasteiger partial charge in [-0.2, -0.15) is 5.10 Å². The smallest absolute Gasteiger partial charge is 0.251 e. The normalized spacial score (nSPS) is 10.9. The van der Waals surface area contributed by atoms with Gasteiger partial charge in [-0.1, -0.05) is 48.5 Å². The van der Waals surface area contributed by atoms with Gasteiger partial charge in [0.2, 0.25) is 0 Å². The van der Waals surface area contributed by atoms with E-state index in [0.29, 0.717) is 12.1 Å². The molecule has 4 nitrogen and oxygen atoms in total. The molecule has 4 heteroatoms. The Morgan fingerprint density at radius 1 is 0.964 bits per heavy atom. The average Bonchev–Trinajstić information content (AvgIpc) is 3.12. The fourth-order valence-corrected chi connectivity index (χ4v) is 3.37. The molecule has 1 aromatic heterocycles. The first-order chi connectivity index (χ1) is 13.7.